The van der Waals surface area contributed by atoms with E-state index in [4.69, 9.17) is 16.7 Å². The lowest BCUT2D eigenvalue weighted by atomic mass is 9.99. The molecule has 0 aromatic heterocycles. The molecule has 2 atom stereocenters. The fraction of sp³-hybridized carbons (Fsp3) is 0.211. The lowest BCUT2D eigenvalue weighted by molar-refractivity contribution is -0.141. The van der Waals surface area contributed by atoms with Crippen molar-refractivity contribution >= 4 is 34.9 Å². The van der Waals surface area contributed by atoms with Crippen molar-refractivity contribution in [3.8, 4) is 0 Å². The predicted molar refractivity (Wildman–Crippen MR) is 97.3 cm³/mol. The lowest BCUT2D eigenvalue weighted by Gasteiger charge is -2.13. The summed E-state index contributed by atoms with van der Waals surface area (Å²) in [4.78, 5) is 28.2. The first-order chi connectivity index (χ1) is 12.4. The maximum Gasteiger partial charge on any atom is 0.306 e. The number of carbonyl (C=O) groups excluding carboxylic acids is 1. The quantitative estimate of drug-likeness (QED) is 0.855. The lowest BCUT2D eigenvalue weighted by Crippen LogP contribution is -2.29. The summed E-state index contributed by atoms with van der Waals surface area (Å²) in [6, 6.07) is 9.97. The second-order valence-corrected chi connectivity index (χ2v) is 6.56. The summed E-state index contributed by atoms with van der Waals surface area (Å²) in [5.41, 5.74) is 1.43. The Morgan fingerprint density at radius 3 is 2.73 bits per heavy atom. The zero-order valence-corrected chi connectivity index (χ0v) is 14.6. The van der Waals surface area contributed by atoms with E-state index in [-0.39, 0.29) is 17.7 Å². The molecule has 7 heteroatoms. The largest absolute Gasteiger partial charge is 0.481 e. The molecule has 0 spiro atoms. The number of carboxylic acids is 1. The highest BCUT2D eigenvalue weighted by Gasteiger charge is 2.29. The van der Waals surface area contributed by atoms with Crippen LogP contribution in [0, 0.1) is 11.7 Å². The van der Waals surface area contributed by atoms with Gasteiger partial charge in [-0.2, -0.15) is 0 Å². The van der Waals surface area contributed by atoms with Gasteiger partial charge in [-0.3, -0.25) is 14.6 Å². The van der Waals surface area contributed by atoms with Crippen molar-refractivity contribution in [1.82, 2.24) is 0 Å². The molecule has 1 unspecified atom stereocenters. The van der Waals surface area contributed by atoms with Gasteiger partial charge in [0.25, 0.3) is 0 Å². The van der Waals surface area contributed by atoms with Gasteiger partial charge >= 0.3 is 5.97 Å². The van der Waals surface area contributed by atoms with Gasteiger partial charge in [0.05, 0.1) is 17.3 Å². The maximum absolute atomic E-state index is 14.4. The molecule has 1 heterocycles. The minimum absolute atomic E-state index is 0.000833. The van der Waals surface area contributed by atoms with Crippen molar-refractivity contribution in [2.45, 2.75) is 19.4 Å². The molecule has 0 saturated carbocycles. The number of fused-ring (bicyclic) bond motifs is 1. The molecular formula is C19H16ClFN2O3. The number of aliphatic imine (C=N–C) groups is 1. The second kappa shape index (κ2) is 7.25. The van der Waals surface area contributed by atoms with Crippen LogP contribution in [0.25, 0.3) is 0 Å². The van der Waals surface area contributed by atoms with Gasteiger partial charge in [-0.1, -0.05) is 30.7 Å². The highest BCUT2D eigenvalue weighted by Crippen LogP contribution is 2.29. The van der Waals surface area contributed by atoms with Crippen molar-refractivity contribution in [3.63, 3.8) is 0 Å². The van der Waals surface area contributed by atoms with Crippen LogP contribution in [-0.2, 0) is 9.59 Å². The summed E-state index contributed by atoms with van der Waals surface area (Å²) < 4.78 is 14.4. The Hall–Kier alpha value is -2.73. The van der Waals surface area contributed by atoms with Crippen molar-refractivity contribution in [2.75, 3.05) is 5.32 Å². The molecule has 1 aliphatic heterocycles. The molecule has 26 heavy (non-hydrogen) atoms. The summed E-state index contributed by atoms with van der Waals surface area (Å²) >= 11 is 6.08. The molecule has 2 N–H and O–H groups in total. The van der Waals surface area contributed by atoms with Gasteiger partial charge < -0.3 is 10.4 Å². The highest BCUT2D eigenvalue weighted by molar-refractivity contribution is 6.32. The fourth-order valence-electron chi connectivity index (χ4n) is 2.78. The van der Waals surface area contributed by atoms with Gasteiger partial charge in [-0.05, 0) is 36.8 Å². The summed E-state index contributed by atoms with van der Waals surface area (Å²) in [5.74, 6) is -2.73. The number of hydrogen-bond donors (Lipinski definition) is 2. The van der Waals surface area contributed by atoms with Crippen molar-refractivity contribution < 1.29 is 19.1 Å². The monoisotopic (exact) mass is 374 g/mol. The molecule has 134 valence electrons. The van der Waals surface area contributed by atoms with Gasteiger partial charge in [0.2, 0.25) is 5.91 Å². The van der Waals surface area contributed by atoms with E-state index in [1.165, 1.54) is 13.0 Å². The van der Waals surface area contributed by atoms with Gasteiger partial charge in [0, 0.05) is 16.1 Å². The van der Waals surface area contributed by atoms with Gasteiger partial charge in [-0.25, -0.2) is 4.39 Å². The van der Waals surface area contributed by atoms with Crippen molar-refractivity contribution in [2.24, 2.45) is 10.9 Å². The van der Waals surface area contributed by atoms with Crippen LogP contribution >= 0.6 is 11.6 Å². The number of amides is 1. The Labute approximate surface area is 154 Å². The molecule has 0 saturated heterocycles. The summed E-state index contributed by atoms with van der Waals surface area (Å²) in [6.07, 6.45) is 0.000833. The first-order valence-corrected chi connectivity index (χ1v) is 8.41. The van der Waals surface area contributed by atoms with Crippen LogP contribution in [0.4, 0.5) is 10.1 Å². The first-order valence-electron chi connectivity index (χ1n) is 8.03. The second-order valence-electron chi connectivity index (χ2n) is 6.13. The van der Waals surface area contributed by atoms with Crippen LogP contribution in [-0.4, -0.2) is 28.7 Å². The molecule has 1 amide bonds. The Kier molecular flexibility index (Phi) is 5.04. The average Bonchev–Trinajstić information content (AvgIpc) is 2.72. The molecule has 0 aliphatic carbocycles. The Morgan fingerprint density at radius 2 is 2.04 bits per heavy atom. The molecule has 3 rings (SSSR count). The number of nitrogens with one attached hydrogen (secondary N) is 1. The number of rotatable bonds is 4. The number of carboxylic acid groups (broad SMARTS) is 1. The zero-order valence-electron chi connectivity index (χ0n) is 13.9. The molecule has 1 aliphatic rings. The molecule has 0 bridgehead atoms. The van der Waals surface area contributed by atoms with Gasteiger partial charge in [0.15, 0.2) is 0 Å². The maximum atomic E-state index is 14.4. The zero-order chi connectivity index (χ0) is 18.8. The molecular weight excluding hydrogens is 359 g/mol. The van der Waals surface area contributed by atoms with E-state index in [1.54, 1.807) is 36.4 Å². The molecule has 5 nitrogen and oxygen atoms in total. The van der Waals surface area contributed by atoms with E-state index in [9.17, 15) is 14.0 Å². The average molecular weight is 375 g/mol. The summed E-state index contributed by atoms with van der Waals surface area (Å²) in [5, 5.41) is 12.3. The number of carbonyl (C=O) groups is 2. The van der Waals surface area contributed by atoms with E-state index in [0.717, 1.165) is 0 Å². The molecule has 2 aromatic rings. The van der Waals surface area contributed by atoms with E-state index in [2.05, 4.69) is 10.3 Å². The molecule has 0 radical (unpaired) electrons. The molecule has 2 aromatic carbocycles. The topological polar surface area (TPSA) is 78.8 Å². The van der Waals surface area contributed by atoms with Crippen LogP contribution in [0.15, 0.2) is 47.5 Å². The predicted octanol–water partition coefficient (Wildman–Crippen LogP) is 3.75. The number of halogens is 2. The SMILES string of the molecule is CC(C[C@@H]1N=C(c2ccccc2F)c2cc(Cl)ccc2NC1=O)C(=O)O. The summed E-state index contributed by atoms with van der Waals surface area (Å²) in [7, 11) is 0. The van der Waals surface area contributed by atoms with Crippen LogP contribution < -0.4 is 5.32 Å². The third-order valence-electron chi connectivity index (χ3n) is 4.21. The fourth-order valence-corrected chi connectivity index (χ4v) is 2.96. The first kappa shape index (κ1) is 18.1. The van der Waals surface area contributed by atoms with E-state index in [0.29, 0.717) is 16.3 Å². The number of anilines is 1. The number of benzene rings is 2. The highest BCUT2D eigenvalue weighted by atomic mass is 35.5. The van der Waals surface area contributed by atoms with Crippen molar-refractivity contribution in [1.29, 1.82) is 0 Å². The Morgan fingerprint density at radius 1 is 1.31 bits per heavy atom. The Bertz CT molecular complexity index is 913. The number of aliphatic carboxylic acids is 1. The van der Waals surface area contributed by atoms with Crippen LogP contribution in [0.1, 0.15) is 24.5 Å². The van der Waals surface area contributed by atoms with Gasteiger partial charge in [-0.15, -0.1) is 0 Å². The van der Waals surface area contributed by atoms with E-state index in [1.807, 2.05) is 0 Å². The minimum atomic E-state index is -1.02. The van der Waals surface area contributed by atoms with Crippen LogP contribution in [0.2, 0.25) is 5.02 Å². The van der Waals surface area contributed by atoms with Crippen LogP contribution in [0.3, 0.4) is 0 Å². The normalized spacial score (nSPS) is 17.6. The number of hydrogen-bond acceptors (Lipinski definition) is 3. The van der Waals surface area contributed by atoms with Gasteiger partial charge in [0.1, 0.15) is 11.9 Å². The third-order valence-corrected chi connectivity index (χ3v) is 4.44. The standard InChI is InChI=1S/C19H16ClFN2O3/c1-10(19(25)26)8-16-18(24)23-15-7-6-11(20)9-13(15)17(22-16)12-4-2-3-5-14(12)21/h2-7,9-10,16H,8H2,1H3,(H,23,24)(H,25,26)/t10?,16-/m0/s1. The third kappa shape index (κ3) is 3.60. The number of nitrogens with zero attached hydrogens (tertiary/aromatic N) is 1. The Balaban J connectivity index is 2.16. The number of benzodiazepines with no additional fused rings is 1. The minimum Gasteiger partial charge on any atom is -0.481 e. The van der Waals surface area contributed by atoms with Crippen LogP contribution in [0.5, 0.6) is 0 Å². The van der Waals surface area contributed by atoms with E-state index >= 15 is 0 Å². The van der Waals surface area contributed by atoms with Crippen molar-refractivity contribution in [3.05, 3.63) is 64.4 Å². The van der Waals surface area contributed by atoms with E-state index < -0.39 is 29.7 Å². The molecule has 0 fully saturated rings. The summed E-state index contributed by atoms with van der Waals surface area (Å²) in [6.45, 7) is 1.50. The smallest absolute Gasteiger partial charge is 0.306 e.